The Balaban J connectivity index is 3.74. The number of carbonyl (C=O) groups excluding carboxylic acids is 1. The number of aliphatic hydroxyl groups is 1. The molecule has 0 unspecified atom stereocenters. The second kappa shape index (κ2) is 3.53. The molecule has 0 atom stereocenters. The molecule has 0 aromatic carbocycles. The molecule has 1 N–H and O–H groups in total. The van der Waals surface area contributed by atoms with Crippen LogP contribution in [0.1, 0.15) is 20.8 Å². The van der Waals surface area contributed by atoms with E-state index >= 15 is 0 Å². The van der Waals surface area contributed by atoms with Gasteiger partial charge in [0.25, 0.3) is 0 Å². The average Bonchev–Trinajstić information content (AvgIpc) is 1.81. The van der Waals surface area contributed by atoms with Gasteiger partial charge in [-0.05, 0) is 20.8 Å². The SMILES string of the molecule is CC(C)(C)ON(C=O)CO. The van der Waals surface area contributed by atoms with Crippen LogP contribution < -0.4 is 0 Å². The molecule has 1 amide bonds. The number of hydrogen-bond donors (Lipinski definition) is 1. The van der Waals surface area contributed by atoms with E-state index in [9.17, 15) is 4.79 Å². The smallest absolute Gasteiger partial charge is 0.235 e. The number of amides is 1. The quantitative estimate of drug-likeness (QED) is 0.350. The predicted molar refractivity (Wildman–Crippen MR) is 35.8 cm³/mol. The topological polar surface area (TPSA) is 49.8 Å². The first-order valence-corrected chi connectivity index (χ1v) is 3.01. The van der Waals surface area contributed by atoms with E-state index in [4.69, 9.17) is 9.94 Å². The minimum Gasteiger partial charge on any atom is -0.374 e. The third-order valence-corrected chi connectivity index (χ3v) is 0.648. The van der Waals surface area contributed by atoms with Crippen LogP contribution in [0.3, 0.4) is 0 Å². The number of hydrogen-bond acceptors (Lipinski definition) is 3. The molecule has 0 aromatic rings. The van der Waals surface area contributed by atoms with Crippen molar-refractivity contribution in [2.75, 3.05) is 6.73 Å². The van der Waals surface area contributed by atoms with E-state index in [1.54, 1.807) is 20.8 Å². The van der Waals surface area contributed by atoms with E-state index in [2.05, 4.69) is 0 Å². The number of hydroxylamine groups is 2. The number of aliphatic hydroxyl groups excluding tert-OH is 1. The van der Waals surface area contributed by atoms with Crippen LogP contribution in [0.4, 0.5) is 0 Å². The molecule has 0 saturated carbocycles. The molecule has 0 radical (unpaired) electrons. The Morgan fingerprint density at radius 3 is 2.20 bits per heavy atom. The summed E-state index contributed by atoms with van der Waals surface area (Å²) < 4.78 is 0. The van der Waals surface area contributed by atoms with Crippen molar-refractivity contribution in [3.63, 3.8) is 0 Å². The van der Waals surface area contributed by atoms with Crippen molar-refractivity contribution in [3.8, 4) is 0 Å². The van der Waals surface area contributed by atoms with Crippen molar-refractivity contribution >= 4 is 6.41 Å². The summed E-state index contributed by atoms with van der Waals surface area (Å²) in [6, 6.07) is 0. The van der Waals surface area contributed by atoms with Crippen LogP contribution >= 0.6 is 0 Å². The zero-order valence-electron chi connectivity index (χ0n) is 6.50. The molecule has 0 heterocycles. The lowest BCUT2D eigenvalue weighted by Crippen LogP contribution is -2.33. The third-order valence-electron chi connectivity index (χ3n) is 0.648. The lowest BCUT2D eigenvalue weighted by atomic mass is 10.2. The molecule has 0 aliphatic heterocycles. The van der Waals surface area contributed by atoms with Crippen molar-refractivity contribution in [2.45, 2.75) is 26.4 Å². The Kier molecular flexibility index (Phi) is 3.32. The fourth-order valence-electron chi connectivity index (χ4n) is 0.435. The van der Waals surface area contributed by atoms with E-state index in [0.29, 0.717) is 6.41 Å². The maximum absolute atomic E-state index is 10.1. The normalized spacial score (nSPS) is 11.2. The molecule has 0 bridgehead atoms. The molecule has 0 spiro atoms. The van der Waals surface area contributed by atoms with Crippen LogP contribution in [0.5, 0.6) is 0 Å². The number of carbonyl (C=O) groups is 1. The van der Waals surface area contributed by atoms with Crippen molar-refractivity contribution in [1.82, 2.24) is 5.06 Å². The van der Waals surface area contributed by atoms with Gasteiger partial charge in [-0.3, -0.25) is 9.63 Å². The summed E-state index contributed by atoms with van der Waals surface area (Å²) in [6.45, 7) is 4.96. The van der Waals surface area contributed by atoms with E-state index in [-0.39, 0.29) is 0 Å². The maximum Gasteiger partial charge on any atom is 0.235 e. The van der Waals surface area contributed by atoms with Crippen molar-refractivity contribution in [3.05, 3.63) is 0 Å². The molecule has 4 heteroatoms. The van der Waals surface area contributed by atoms with Crippen LogP contribution in [-0.4, -0.2) is 28.9 Å². The van der Waals surface area contributed by atoms with Crippen LogP contribution in [0, 0.1) is 0 Å². The van der Waals surface area contributed by atoms with E-state index in [0.717, 1.165) is 5.06 Å². The summed E-state index contributed by atoms with van der Waals surface area (Å²) in [7, 11) is 0. The molecule has 0 rings (SSSR count). The van der Waals surface area contributed by atoms with Gasteiger partial charge in [-0.25, -0.2) is 0 Å². The Hall–Kier alpha value is -0.610. The zero-order valence-corrected chi connectivity index (χ0v) is 6.50. The fourth-order valence-corrected chi connectivity index (χ4v) is 0.435. The lowest BCUT2D eigenvalue weighted by Gasteiger charge is -2.24. The van der Waals surface area contributed by atoms with Crippen LogP contribution in [0.15, 0.2) is 0 Å². The highest BCUT2D eigenvalue weighted by Gasteiger charge is 2.14. The highest BCUT2D eigenvalue weighted by Crippen LogP contribution is 2.07. The molecule has 0 aliphatic rings. The minimum atomic E-state index is -0.441. The summed E-state index contributed by atoms with van der Waals surface area (Å²) in [5.74, 6) is 0. The summed E-state index contributed by atoms with van der Waals surface area (Å²) in [5.41, 5.74) is -0.441. The van der Waals surface area contributed by atoms with Gasteiger partial charge in [-0.15, -0.1) is 0 Å². The lowest BCUT2D eigenvalue weighted by molar-refractivity contribution is -0.236. The minimum absolute atomic E-state index is 0.416. The Morgan fingerprint density at radius 2 is 2.10 bits per heavy atom. The van der Waals surface area contributed by atoms with Gasteiger partial charge < -0.3 is 5.11 Å². The standard InChI is InChI=1S/C6H13NO3/c1-6(2,3)10-7(4-8)5-9/h4,9H,5H2,1-3H3. The Labute approximate surface area is 60.3 Å². The first-order valence-electron chi connectivity index (χ1n) is 3.01. The molecule has 10 heavy (non-hydrogen) atoms. The monoisotopic (exact) mass is 147 g/mol. The van der Waals surface area contributed by atoms with E-state index in [1.807, 2.05) is 0 Å². The third kappa shape index (κ3) is 4.29. The van der Waals surface area contributed by atoms with Gasteiger partial charge in [-0.2, -0.15) is 5.06 Å². The van der Waals surface area contributed by atoms with E-state index in [1.165, 1.54) is 0 Å². The average molecular weight is 147 g/mol. The molecular formula is C6H13NO3. The van der Waals surface area contributed by atoms with Gasteiger partial charge in [0.05, 0.1) is 5.60 Å². The highest BCUT2D eigenvalue weighted by atomic mass is 16.7. The second-order valence-corrected chi connectivity index (χ2v) is 2.87. The predicted octanol–water partition coefficient (Wildman–Crippen LogP) is 0.125. The van der Waals surface area contributed by atoms with Gasteiger partial charge in [-0.1, -0.05) is 0 Å². The van der Waals surface area contributed by atoms with Gasteiger partial charge in [0.15, 0.2) is 0 Å². The molecule has 0 saturated heterocycles. The molecular weight excluding hydrogens is 134 g/mol. The molecule has 0 fully saturated rings. The second-order valence-electron chi connectivity index (χ2n) is 2.87. The summed E-state index contributed by atoms with van der Waals surface area (Å²) in [5, 5.41) is 9.29. The number of rotatable bonds is 3. The van der Waals surface area contributed by atoms with Gasteiger partial charge in [0.1, 0.15) is 6.73 Å². The first-order chi connectivity index (χ1) is 4.49. The van der Waals surface area contributed by atoms with Crippen LogP contribution in [0.2, 0.25) is 0 Å². The summed E-state index contributed by atoms with van der Waals surface area (Å²) in [6.07, 6.45) is 0.436. The summed E-state index contributed by atoms with van der Waals surface area (Å²) in [4.78, 5) is 15.0. The van der Waals surface area contributed by atoms with E-state index < -0.39 is 12.3 Å². The van der Waals surface area contributed by atoms with Crippen molar-refractivity contribution < 1.29 is 14.7 Å². The number of nitrogens with zero attached hydrogens (tertiary/aromatic N) is 1. The maximum atomic E-state index is 10.1. The van der Waals surface area contributed by atoms with Gasteiger partial charge in [0.2, 0.25) is 6.41 Å². The molecule has 60 valence electrons. The van der Waals surface area contributed by atoms with Crippen molar-refractivity contribution in [2.24, 2.45) is 0 Å². The fraction of sp³-hybridized carbons (Fsp3) is 0.833. The molecule has 0 aromatic heterocycles. The highest BCUT2D eigenvalue weighted by molar-refractivity contribution is 5.44. The van der Waals surface area contributed by atoms with Crippen LogP contribution in [0.25, 0.3) is 0 Å². The van der Waals surface area contributed by atoms with Crippen molar-refractivity contribution in [1.29, 1.82) is 0 Å². The molecule has 0 aliphatic carbocycles. The Bertz CT molecular complexity index is 108. The van der Waals surface area contributed by atoms with Gasteiger partial charge >= 0.3 is 0 Å². The summed E-state index contributed by atoms with van der Waals surface area (Å²) >= 11 is 0. The zero-order chi connectivity index (χ0) is 8.20. The molecule has 4 nitrogen and oxygen atoms in total. The van der Waals surface area contributed by atoms with Gasteiger partial charge in [0, 0.05) is 0 Å². The van der Waals surface area contributed by atoms with Crippen LogP contribution in [-0.2, 0) is 9.63 Å². The first kappa shape index (κ1) is 9.39. The Morgan fingerprint density at radius 1 is 1.60 bits per heavy atom. The largest absolute Gasteiger partial charge is 0.374 e.